The van der Waals surface area contributed by atoms with Gasteiger partial charge in [-0.25, -0.2) is 4.98 Å². The first kappa shape index (κ1) is 27.5. The second-order valence-corrected chi connectivity index (χ2v) is 14.2. The monoisotopic (exact) mass is 673 g/mol. The lowest BCUT2D eigenvalue weighted by Crippen LogP contribution is -2.07. The van der Waals surface area contributed by atoms with Crippen molar-refractivity contribution in [2.75, 3.05) is 0 Å². The van der Waals surface area contributed by atoms with Crippen molar-refractivity contribution in [1.82, 2.24) is 23.5 Å². The van der Waals surface area contributed by atoms with E-state index in [1.165, 1.54) is 70.4 Å². The molecule has 0 fully saturated rings. The number of hydrogen-bond acceptors (Lipinski definition) is 2. The summed E-state index contributed by atoms with van der Waals surface area (Å²) in [7, 11) is 0. The second-order valence-electron chi connectivity index (χ2n) is 14.2. The van der Waals surface area contributed by atoms with Crippen LogP contribution in [0.25, 0.3) is 115 Å². The molecule has 0 N–H and O–H groups in total. The quantitative estimate of drug-likeness (QED) is 0.183. The highest BCUT2D eigenvalue weighted by atomic mass is 15.2. The third-order valence-corrected chi connectivity index (χ3v) is 11.6. The van der Waals surface area contributed by atoms with Crippen LogP contribution >= 0.6 is 0 Å². The van der Waals surface area contributed by atoms with Crippen LogP contribution in [0.5, 0.6) is 0 Å². The van der Waals surface area contributed by atoms with Gasteiger partial charge in [-0.2, -0.15) is 4.98 Å². The van der Waals surface area contributed by atoms with E-state index in [4.69, 9.17) is 9.97 Å². The maximum absolute atomic E-state index is 5.62. The highest BCUT2D eigenvalue weighted by Crippen LogP contribution is 2.47. The van der Waals surface area contributed by atoms with E-state index in [1.54, 1.807) is 0 Å². The summed E-state index contributed by atoms with van der Waals surface area (Å²) in [6.07, 6.45) is 0. The van der Waals surface area contributed by atoms with Crippen LogP contribution in [0.2, 0.25) is 0 Å². The molecule has 0 unspecified atom stereocenters. The molecule has 5 nitrogen and oxygen atoms in total. The largest absolute Gasteiger partial charge is 0.308 e. The average Bonchev–Trinajstić information content (AvgIpc) is 3.94. The van der Waals surface area contributed by atoms with Gasteiger partial charge in [0.2, 0.25) is 5.95 Å². The zero-order valence-electron chi connectivity index (χ0n) is 28.3. The molecule has 244 valence electrons. The third-order valence-electron chi connectivity index (χ3n) is 11.6. The Morgan fingerprint density at radius 2 is 0.906 bits per heavy atom. The molecule has 0 aliphatic carbocycles. The second kappa shape index (κ2) is 9.75. The molecule has 0 aliphatic heterocycles. The highest BCUT2D eigenvalue weighted by molar-refractivity contribution is 6.35. The van der Waals surface area contributed by atoms with Crippen molar-refractivity contribution in [2.45, 2.75) is 0 Å². The molecule has 5 aromatic heterocycles. The third kappa shape index (κ3) is 3.37. The Hall–Kier alpha value is -7.24. The molecule has 13 aromatic rings. The van der Waals surface area contributed by atoms with E-state index in [0.29, 0.717) is 5.95 Å². The van der Waals surface area contributed by atoms with Gasteiger partial charge < -0.3 is 4.40 Å². The molecule has 0 spiro atoms. The summed E-state index contributed by atoms with van der Waals surface area (Å²) in [5.74, 6) is 1.52. The molecule has 0 aliphatic rings. The van der Waals surface area contributed by atoms with Crippen LogP contribution in [0.15, 0.2) is 164 Å². The smallest absolute Gasteiger partial charge is 0.237 e. The van der Waals surface area contributed by atoms with Gasteiger partial charge in [0.15, 0.2) is 5.82 Å². The number of aromatic nitrogens is 5. The van der Waals surface area contributed by atoms with E-state index in [-0.39, 0.29) is 0 Å². The first-order valence-electron chi connectivity index (χ1n) is 18.1. The lowest BCUT2D eigenvalue weighted by atomic mass is 10.0. The Morgan fingerprint density at radius 1 is 0.340 bits per heavy atom. The van der Waals surface area contributed by atoms with Gasteiger partial charge in [0.05, 0.1) is 44.1 Å². The minimum absolute atomic E-state index is 0.652. The Morgan fingerprint density at radius 3 is 1.68 bits per heavy atom. The van der Waals surface area contributed by atoms with Crippen molar-refractivity contribution in [1.29, 1.82) is 0 Å². The molecule has 0 amide bonds. The van der Waals surface area contributed by atoms with Crippen LogP contribution < -0.4 is 0 Å². The topological polar surface area (TPSA) is 40.0 Å². The summed E-state index contributed by atoms with van der Waals surface area (Å²) in [4.78, 5) is 10.9. The Bertz CT molecular complexity index is 3690. The predicted octanol–water partition coefficient (Wildman–Crippen LogP) is 12.1. The summed E-state index contributed by atoms with van der Waals surface area (Å²) in [5.41, 5.74) is 9.06. The van der Waals surface area contributed by atoms with Gasteiger partial charge in [0, 0.05) is 48.5 Å². The summed E-state index contributed by atoms with van der Waals surface area (Å²) in [6, 6.07) is 59.0. The molecule has 5 heterocycles. The molecule has 0 atom stereocenters. The van der Waals surface area contributed by atoms with Crippen LogP contribution in [0.4, 0.5) is 0 Å². The van der Waals surface area contributed by atoms with Crippen LogP contribution in [0.1, 0.15) is 0 Å². The van der Waals surface area contributed by atoms with Gasteiger partial charge in [-0.1, -0.05) is 115 Å². The zero-order valence-corrected chi connectivity index (χ0v) is 28.3. The van der Waals surface area contributed by atoms with E-state index in [0.717, 1.165) is 38.8 Å². The van der Waals surface area contributed by atoms with Gasteiger partial charge in [-0.05, 0) is 59.3 Å². The lowest BCUT2D eigenvalue weighted by Gasteiger charge is -2.14. The van der Waals surface area contributed by atoms with Gasteiger partial charge in [0.1, 0.15) is 0 Å². The number of fused-ring (bicyclic) bond motifs is 16. The molecule has 0 saturated heterocycles. The molecule has 0 radical (unpaired) electrons. The maximum atomic E-state index is 5.62. The minimum atomic E-state index is 0.652. The molecular formula is C48H27N5. The molecular weight excluding hydrogens is 647 g/mol. The fourth-order valence-electron chi connectivity index (χ4n) is 9.47. The van der Waals surface area contributed by atoms with E-state index in [1.807, 2.05) is 0 Å². The number of hydrogen-bond donors (Lipinski definition) is 0. The van der Waals surface area contributed by atoms with Crippen molar-refractivity contribution >= 4 is 103 Å². The number of benzene rings is 8. The van der Waals surface area contributed by atoms with Crippen LogP contribution in [0, 0.1) is 0 Å². The predicted molar refractivity (Wildman–Crippen MR) is 220 cm³/mol. The standard InChI is InChI=1S/C48H27N5/c1-2-14-29-28(13-1)25-26-41-43(29)32-17-5-12-24-40(32)53(41)48-49-36-20-8-3-16-31(36)47(50-48)52-39-23-11-6-18-33(39)44-42(52)27-35-30-15-4-9-21-37(30)51-38-22-10-7-19-34(38)45(44)46(35)51/h1-27H. The number of para-hydroxylation sites is 5. The molecule has 0 saturated carbocycles. The molecule has 8 aromatic carbocycles. The van der Waals surface area contributed by atoms with Crippen molar-refractivity contribution in [2.24, 2.45) is 0 Å². The number of nitrogens with zero attached hydrogens (tertiary/aromatic N) is 5. The van der Waals surface area contributed by atoms with Gasteiger partial charge in [-0.15, -0.1) is 0 Å². The van der Waals surface area contributed by atoms with E-state index in [9.17, 15) is 0 Å². The van der Waals surface area contributed by atoms with Crippen LogP contribution in [-0.2, 0) is 0 Å². The van der Waals surface area contributed by atoms with Gasteiger partial charge in [-0.3, -0.25) is 9.13 Å². The molecule has 13 rings (SSSR count). The maximum Gasteiger partial charge on any atom is 0.237 e. The van der Waals surface area contributed by atoms with Gasteiger partial charge in [0.25, 0.3) is 0 Å². The number of rotatable bonds is 2. The van der Waals surface area contributed by atoms with Crippen molar-refractivity contribution in [3.05, 3.63) is 164 Å². The fourth-order valence-corrected chi connectivity index (χ4v) is 9.47. The zero-order chi connectivity index (χ0) is 34.4. The minimum Gasteiger partial charge on any atom is -0.308 e. The Labute approximate surface area is 301 Å². The Kier molecular flexibility index (Phi) is 5.06. The molecule has 0 bridgehead atoms. The highest BCUT2D eigenvalue weighted by Gasteiger charge is 2.26. The Balaban J connectivity index is 1.23. The fraction of sp³-hybridized carbons (Fsp3) is 0. The van der Waals surface area contributed by atoms with E-state index in [2.05, 4.69) is 177 Å². The lowest BCUT2D eigenvalue weighted by molar-refractivity contribution is 0.973. The normalized spacial score (nSPS) is 12.5. The summed E-state index contributed by atoms with van der Waals surface area (Å²) in [5, 5.41) is 13.4. The van der Waals surface area contributed by atoms with Crippen molar-refractivity contribution < 1.29 is 0 Å². The molecule has 5 heteroatoms. The van der Waals surface area contributed by atoms with Gasteiger partial charge >= 0.3 is 0 Å². The van der Waals surface area contributed by atoms with Crippen LogP contribution in [0.3, 0.4) is 0 Å². The average molecular weight is 674 g/mol. The first-order valence-corrected chi connectivity index (χ1v) is 18.1. The van der Waals surface area contributed by atoms with Crippen molar-refractivity contribution in [3.63, 3.8) is 0 Å². The van der Waals surface area contributed by atoms with Crippen LogP contribution in [-0.4, -0.2) is 23.5 Å². The summed E-state index contributed by atoms with van der Waals surface area (Å²) >= 11 is 0. The SMILES string of the molecule is c1ccc2c(c1)ccc1c2c2ccccc2n1-c1nc(-n2c3ccccc3c3c4c5ccccc5n5c6ccccc6c(cc32)c45)c2ccccc2n1. The summed E-state index contributed by atoms with van der Waals surface area (Å²) in [6.45, 7) is 0. The van der Waals surface area contributed by atoms with Crippen molar-refractivity contribution in [3.8, 4) is 11.8 Å². The first-order chi connectivity index (χ1) is 26.3. The van der Waals surface area contributed by atoms with E-state index >= 15 is 0 Å². The van der Waals surface area contributed by atoms with E-state index < -0.39 is 0 Å². The summed E-state index contributed by atoms with van der Waals surface area (Å²) < 4.78 is 7.11. The molecule has 53 heavy (non-hydrogen) atoms.